The van der Waals surface area contributed by atoms with Crippen LogP contribution >= 0.6 is 0 Å². The molecule has 242 valence electrons. The summed E-state index contributed by atoms with van der Waals surface area (Å²) in [6.45, 7) is 2.40. The maximum absolute atomic E-state index is 14.1. The Kier molecular flexibility index (Phi) is 10.8. The second-order valence-corrected chi connectivity index (χ2v) is 13.1. The van der Waals surface area contributed by atoms with E-state index in [1.165, 1.54) is 30.2 Å². The molecular weight excluding hydrogens is 607 g/mol. The van der Waals surface area contributed by atoms with Crippen LogP contribution in [-0.4, -0.2) is 50.9 Å². The largest absolute Gasteiger partial charge is 0.497 e. The van der Waals surface area contributed by atoms with Gasteiger partial charge in [0.25, 0.3) is 10.0 Å². The number of anilines is 1. The quantitative estimate of drug-likeness (QED) is 0.273. The number of hydrogen-bond acceptors (Lipinski definition) is 5. The number of benzene rings is 3. The number of amides is 2. The van der Waals surface area contributed by atoms with Crippen molar-refractivity contribution in [3.63, 3.8) is 0 Å². The second-order valence-electron chi connectivity index (χ2n) is 11.3. The van der Waals surface area contributed by atoms with E-state index in [1.54, 1.807) is 50.2 Å². The van der Waals surface area contributed by atoms with E-state index in [0.717, 1.165) is 49.8 Å². The predicted octanol–water partition coefficient (Wildman–Crippen LogP) is 6.08. The molecule has 3 aromatic carbocycles. The van der Waals surface area contributed by atoms with E-state index in [2.05, 4.69) is 5.32 Å². The minimum Gasteiger partial charge on any atom is -0.497 e. The van der Waals surface area contributed by atoms with Gasteiger partial charge in [-0.25, -0.2) is 8.42 Å². The van der Waals surface area contributed by atoms with Crippen LogP contribution in [0.2, 0.25) is 0 Å². The van der Waals surface area contributed by atoms with Crippen LogP contribution in [0, 0.1) is 6.92 Å². The van der Waals surface area contributed by atoms with Gasteiger partial charge in [-0.3, -0.25) is 13.9 Å². The normalized spacial score (nSPS) is 14.8. The van der Waals surface area contributed by atoms with Crippen LogP contribution in [0.4, 0.5) is 18.9 Å². The van der Waals surface area contributed by atoms with Gasteiger partial charge in [-0.2, -0.15) is 13.2 Å². The van der Waals surface area contributed by atoms with Gasteiger partial charge in [-0.15, -0.1) is 0 Å². The zero-order valence-corrected chi connectivity index (χ0v) is 26.3. The number of nitrogens with zero attached hydrogens (tertiary/aromatic N) is 2. The Morgan fingerprint density at radius 1 is 0.978 bits per heavy atom. The molecule has 0 aliphatic heterocycles. The third kappa shape index (κ3) is 8.56. The molecule has 1 saturated carbocycles. The molecule has 2 amide bonds. The number of alkyl halides is 3. The minimum absolute atomic E-state index is 0.0361. The summed E-state index contributed by atoms with van der Waals surface area (Å²) in [5.74, 6) is -0.644. The van der Waals surface area contributed by atoms with Gasteiger partial charge in [0.05, 0.1) is 23.3 Å². The van der Waals surface area contributed by atoms with Crippen molar-refractivity contribution in [3.05, 3.63) is 89.5 Å². The molecule has 8 nitrogen and oxygen atoms in total. The molecule has 1 atom stereocenters. The van der Waals surface area contributed by atoms with Crippen molar-refractivity contribution in [1.29, 1.82) is 0 Å². The van der Waals surface area contributed by atoms with E-state index >= 15 is 0 Å². The highest BCUT2D eigenvalue weighted by atomic mass is 32.2. The average molecular weight is 646 g/mol. The van der Waals surface area contributed by atoms with E-state index in [9.17, 15) is 31.2 Å². The molecule has 1 fully saturated rings. The predicted molar refractivity (Wildman–Crippen MR) is 165 cm³/mol. The molecule has 4 rings (SSSR count). The lowest BCUT2D eigenvalue weighted by molar-refractivity contribution is -0.139. The van der Waals surface area contributed by atoms with Gasteiger partial charge in [0.15, 0.2) is 0 Å². The molecule has 0 bridgehead atoms. The third-order valence-electron chi connectivity index (χ3n) is 7.96. The highest BCUT2D eigenvalue weighted by Crippen LogP contribution is 2.33. The Bertz CT molecular complexity index is 1590. The summed E-state index contributed by atoms with van der Waals surface area (Å²) < 4.78 is 74.9. The lowest BCUT2D eigenvalue weighted by Crippen LogP contribution is -2.53. The monoisotopic (exact) mass is 645 g/mol. The number of ether oxygens (including phenoxy) is 1. The Morgan fingerprint density at radius 3 is 2.29 bits per heavy atom. The zero-order chi connectivity index (χ0) is 32.8. The van der Waals surface area contributed by atoms with Crippen molar-refractivity contribution in [2.75, 3.05) is 18.0 Å². The van der Waals surface area contributed by atoms with Crippen molar-refractivity contribution in [2.45, 2.75) is 75.7 Å². The maximum atomic E-state index is 14.1. The molecule has 3 aromatic rings. The van der Waals surface area contributed by atoms with E-state index in [0.29, 0.717) is 21.7 Å². The molecule has 0 unspecified atom stereocenters. The number of carbonyl (C=O) groups excluding carboxylic acids is 2. The summed E-state index contributed by atoms with van der Waals surface area (Å²) >= 11 is 0. The van der Waals surface area contributed by atoms with Crippen LogP contribution in [0.25, 0.3) is 0 Å². The minimum atomic E-state index is -4.75. The van der Waals surface area contributed by atoms with E-state index in [4.69, 9.17) is 4.74 Å². The van der Waals surface area contributed by atoms with Crippen LogP contribution in [0.3, 0.4) is 0 Å². The summed E-state index contributed by atoms with van der Waals surface area (Å²) in [5.41, 5.74) is -0.00523. The number of methoxy groups -OCH3 is 1. The first-order valence-corrected chi connectivity index (χ1v) is 16.2. The van der Waals surface area contributed by atoms with Gasteiger partial charge < -0.3 is 15.0 Å². The van der Waals surface area contributed by atoms with Crippen molar-refractivity contribution in [3.8, 4) is 5.75 Å². The fraction of sp³-hybridized carbons (Fsp3) is 0.394. The van der Waals surface area contributed by atoms with Gasteiger partial charge in [0.2, 0.25) is 11.8 Å². The number of carbonyl (C=O) groups is 2. The van der Waals surface area contributed by atoms with Crippen molar-refractivity contribution < 1.29 is 35.9 Å². The number of rotatable bonds is 11. The Morgan fingerprint density at radius 2 is 1.64 bits per heavy atom. The fourth-order valence-electron chi connectivity index (χ4n) is 5.32. The summed E-state index contributed by atoms with van der Waals surface area (Å²) in [7, 11) is -3.02. The highest BCUT2D eigenvalue weighted by molar-refractivity contribution is 7.92. The summed E-state index contributed by atoms with van der Waals surface area (Å²) in [6, 6.07) is 15.4. The Balaban J connectivity index is 1.73. The van der Waals surface area contributed by atoms with E-state index < -0.39 is 46.2 Å². The molecule has 1 aliphatic rings. The van der Waals surface area contributed by atoms with E-state index in [-0.39, 0.29) is 23.2 Å². The summed E-state index contributed by atoms with van der Waals surface area (Å²) in [4.78, 5) is 28.6. The van der Waals surface area contributed by atoms with Gasteiger partial charge in [0.1, 0.15) is 18.3 Å². The SMILES string of the molecule is COc1cccc(CN(C(=O)CN(c2cccc(C(F)(F)F)c2)S(=O)(=O)c2ccc(C)cc2)[C@H](C)C(=O)NC2CCCCC2)c1. The number of aryl methyl sites for hydroxylation is 1. The average Bonchev–Trinajstić information content (AvgIpc) is 3.02. The number of nitrogens with one attached hydrogen (secondary N) is 1. The Labute approximate surface area is 262 Å². The smallest absolute Gasteiger partial charge is 0.416 e. The molecule has 45 heavy (non-hydrogen) atoms. The topological polar surface area (TPSA) is 96.0 Å². The number of hydrogen-bond donors (Lipinski definition) is 1. The van der Waals surface area contributed by atoms with Crippen LogP contribution in [0.5, 0.6) is 5.75 Å². The van der Waals surface area contributed by atoms with Gasteiger partial charge in [0, 0.05) is 12.6 Å². The molecule has 1 N–H and O–H groups in total. The van der Waals surface area contributed by atoms with Crippen LogP contribution in [0.15, 0.2) is 77.7 Å². The fourth-order valence-corrected chi connectivity index (χ4v) is 6.73. The van der Waals surface area contributed by atoms with Gasteiger partial charge in [-0.1, -0.05) is 55.2 Å². The van der Waals surface area contributed by atoms with Crippen molar-refractivity contribution in [1.82, 2.24) is 10.2 Å². The second kappa shape index (κ2) is 14.4. The number of sulfonamides is 1. The van der Waals surface area contributed by atoms with Gasteiger partial charge >= 0.3 is 6.18 Å². The molecule has 0 spiro atoms. The zero-order valence-electron chi connectivity index (χ0n) is 25.5. The van der Waals surface area contributed by atoms with Crippen LogP contribution in [0.1, 0.15) is 55.7 Å². The molecular formula is C33H38F3N3O5S. The van der Waals surface area contributed by atoms with Crippen molar-refractivity contribution >= 4 is 27.5 Å². The van der Waals surface area contributed by atoms with Crippen molar-refractivity contribution in [2.24, 2.45) is 0 Å². The standard InChI is InChI=1S/C33H38F3N3O5S/c1-23-15-17-30(18-16-23)45(42,43)39(28-13-8-10-26(20-28)33(34,35)36)22-31(40)38(21-25-9-7-14-29(19-25)44-3)24(2)32(41)37-27-11-5-4-6-12-27/h7-10,13-20,24,27H,4-6,11-12,21-22H2,1-3H3,(H,37,41)/t24-/m1/s1. The van der Waals surface area contributed by atoms with Gasteiger partial charge in [-0.05, 0) is 74.7 Å². The molecule has 0 heterocycles. The molecule has 0 radical (unpaired) electrons. The molecule has 0 saturated heterocycles. The lowest BCUT2D eigenvalue weighted by atomic mass is 9.95. The highest BCUT2D eigenvalue weighted by Gasteiger charge is 2.35. The molecule has 1 aliphatic carbocycles. The number of halogens is 3. The van der Waals surface area contributed by atoms with Crippen LogP contribution < -0.4 is 14.4 Å². The van der Waals surface area contributed by atoms with E-state index in [1.807, 2.05) is 0 Å². The molecule has 12 heteroatoms. The third-order valence-corrected chi connectivity index (χ3v) is 9.74. The maximum Gasteiger partial charge on any atom is 0.416 e. The first-order chi connectivity index (χ1) is 21.3. The summed E-state index contributed by atoms with van der Waals surface area (Å²) in [5, 5.41) is 3.02. The summed E-state index contributed by atoms with van der Waals surface area (Å²) in [6.07, 6.45) is -0.0589. The Hall–Kier alpha value is -4.06. The van der Waals surface area contributed by atoms with Crippen LogP contribution in [-0.2, 0) is 32.3 Å². The lowest BCUT2D eigenvalue weighted by Gasteiger charge is -2.33. The first-order valence-electron chi connectivity index (χ1n) is 14.8. The first kappa shape index (κ1) is 33.8. The molecule has 0 aromatic heterocycles.